The summed E-state index contributed by atoms with van der Waals surface area (Å²) in [5.74, 6) is 1.15. The molecule has 4 heterocycles. The van der Waals surface area contributed by atoms with Crippen molar-refractivity contribution in [3.63, 3.8) is 0 Å². The summed E-state index contributed by atoms with van der Waals surface area (Å²) in [6, 6.07) is 45.6. The lowest BCUT2D eigenvalue weighted by Crippen LogP contribution is -2.40. The van der Waals surface area contributed by atoms with Crippen LogP contribution in [0.3, 0.4) is 0 Å². The van der Waals surface area contributed by atoms with E-state index in [-0.39, 0.29) is 24.2 Å². The number of hydrogen-bond donors (Lipinski definition) is 2. The summed E-state index contributed by atoms with van der Waals surface area (Å²) in [6.45, 7) is 0. The van der Waals surface area contributed by atoms with Crippen molar-refractivity contribution >= 4 is 59.1 Å². The van der Waals surface area contributed by atoms with Crippen LogP contribution in [0, 0.1) is 0 Å². The molecule has 0 spiro atoms. The Balaban J connectivity index is 0.991. The fraction of sp³-hybridized carbons (Fsp3) is 0.0870. The Hall–Kier alpha value is -5.88. The van der Waals surface area contributed by atoms with E-state index in [1.54, 1.807) is 0 Å². The van der Waals surface area contributed by atoms with E-state index >= 15 is 0 Å². The first-order chi connectivity index (χ1) is 25.2. The summed E-state index contributed by atoms with van der Waals surface area (Å²) in [5.41, 5.74) is 10.1. The van der Waals surface area contributed by atoms with Gasteiger partial charge in [-0.1, -0.05) is 115 Å². The molecule has 0 saturated carbocycles. The van der Waals surface area contributed by atoms with Gasteiger partial charge in [-0.05, 0) is 70.3 Å². The normalized spacial score (nSPS) is 20.7. The Bertz CT molecular complexity index is 2770. The molecule has 0 radical (unpaired) electrons. The van der Waals surface area contributed by atoms with E-state index in [2.05, 4.69) is 168 Å². The summed E-state index contributed by atoms with van der Waals surface area (Å²) in [4.78, 5) is 0. The third kappa shape index (κ3) is 4.62. The molecule has 4 atom stereocenters. The van der Waals surface area contributed by atoms with Crippen molar-refractivity contribution in [1.29, 1.82) is 0 Å². The van der Waals surface area contributed by atoms with Crippen molar-refractivity contribution in [1.82, 2.24) is 10.6 Å². The number of nitrogens with one attached hydrogen (secondary N) is 2. The fourth-order valence-corrected chi connectivity index (χ4v) is 9.54. The molecule has 2 aromatic heterocycles. The number of ether oxygens (including phenoxy) is 1. The Labute approximate surface area is 299 Å². The molecule has 0 saturated heterocycles. The lowest BCUT2D eigenvalue weighted by atomic mass is 9.87. The number of benzene rings is 6. The minimum absolute atomic E-state index is 0.0311. The van der Waals surface area contributed by atoms with Crippen LogP contribution in [-0.2, 0) is 0 Å². The molecule has 0 amide bonds. The van der Waals surface area contributed by atoms with Crippen LogP contribution in [0.5, 0.6) is 5.75 Å². The van der Waals surface area contributed by atoms with E-state index in [0.717, 1.165) is 44.5 Å². The number of fused-ring (bicyclic) bond motifs is 9. The van der Waals surface area contributed by atoms with Gasteiger partial charge in [0.05, 0.1) is 6.04 Å². The van der Waals surface area contributed by atoms with Crippen LogP contribution in [0.15, 0.2) is 162 Å². The van der Waals surface area contributed by atoms with Gasteiger partial charge >= 0.3 is 0 Å². The van der Waals surface area contributed by atoms with E-state index in [1.165, 1.54) is 42.4 Å². The van der Waals surface area contributed by atoms with Crippen LogP contribution in [0.4, 0.5) is 0 Å². The average Bonchev–Trinajstić information content (AvgIpc) is 3.88. The largest absolute Gasteiger partial charge is 0.485 e. The third-order valence-corrected chi connectivity index (χ3v) is 11.9. The standard InChI is InChI=1S/C46H32N2O2S/c1-2-10-27(11-3-1)37-26-38(48-46(47-37)36-16-9-18-40-44(36)35-13-4-6-17-39(35)49-40)29-21-23-32-31-22-20-28(24-41(31)50-42(32)25-29)30-14-8-15-34-33-12-5-7-19-43(33)51-45(30)34/h1-26,35,38-39,46-48H. The van der Waals surface area contributed by atoms with Crippen molar-refractivity contribution in [2.24, 2.45) is 0 Å². The van der Waals surface area contributed by atoms with Crippen LogP contribution in [-0.4, -0.2) is 6.10 Å². The number of thiophene rings is 1. The second-order valence-corrected chi connectivity index (χ2v) is 14.7. The zero-order chi connectivity index (χ0) is 33.5. The van der Waals surface area contributed by atoms with E-state index < -0.39 is 0 Å². The van der Waals surface area contributed by atoms with E-state index in [0.29, 0.717) is 0 Å². The molecule has 244 valence electrons. The summed E-state index contributed by atoms with van der Waals surface area (Å²) in [6.07, 6.45) is 10.8. The summed E-state index contributed by atoms with van der Waals surface area (Å²) < 4.78 is 15.7. The van der Waals surface area contributed by atoms with Crippen LogP contribution < -0.4 is 15.4 Å². The minimum Gasteiger partial charge on any atom is -0.485 e. The van der Waals surface area contributed by atoms with Crippen molar-refractivity contribution in [3.05, 3.63) is 180 Å². The summed E-state index contributed by atoms with van der Waals surface area (Å²) in [7, 11) is 0. The molecule has 6 aromatic carbocycles. The maximum Gasteiger partial charge on any atom is 0.136 e. The maximum absolute atomic E-state index is 6.67. The van der Waals surface area contributed by atoms with Gasteiger partial charge in [0, 0.05) is 48.1 Å². The molecule has 51 heavy (non-hydrogen) atoms. The molecule has 11 rings (SSSR count). The molecule has 3 aliphatic rings. The maximum atomic E-state index is 6.67. The lowest BCUT2D eigenvalue weighted by molar-refractivity contribution is 0.269. The zero-order valence-corrected chi connectivity index (χ0v) is 28.4. The first-order valence-corrected chi connectivity index (χ1v) is 18.4. The van der Waals surface area contributed by atoms with Crippen molar-refractivity contribution in [3.8, 4) is 16.9 Å². The number of allylic oxidation sites excluding steroid dienone is 2. The van der Waals surface area contributed by atoms with Crippen molar-refractivity contribution in [2.75, 3.05) is 0 Å². The van der Waals surface area contributed by atoms with Gasteiger partial charge in [-0.25, -0.2) is 0 Å². The molecule has 0 bridgehead atoms. The van der Waals surface area contributed by atoms with Crippen LogP contribution in [0.1, 0.15) is 40.4 Å². The monoisotopic (exact) mass is 676 g/mol. The van der Waals surface area contributed by atoms with Gasteiger partial charge < -0.3 is 14.5 Å². The van der Waals surface area contributed by atoms with Gasteiger partial charge in [-0.15, -0.1) is 11.3 Å². The van der Waals surface area contributed by atoms with Gasteiger partial charge in [0.2, 0.25) is 0 Å². The Morgan fingerprint density at radius 1 is 0.627 bits per heavy atom. The van der Waals surface area contributed by atoms with Gasteiger partial charge in [-0.3, -0.25) is 5.32 Å². The molecule has 2 N–H and O–H groups in total. The quantitative estimate of drug-likeness (QED) is 0.195. The SMILES string of the molecule is C1=CC2Oc3cccc(C4NC(c5ccccc5)=CC(c5ccc6c(c5)oc5cc(-c7cccc8c7sc7ccccc78)ccc56)N4)c3C2C=C1. The predicted octanol–water partition coefficient (Wildman–Crippen LogP) is 11.6. The average molecular weight is 677 g/mol. The highest BCUT2D eigenvalue weighted by Crippen LogP contribution is 2.46. The molecular weight excluding hydrogens is 645 g/mol. The Morgan fingerprint density at radius 2 is 1.43 bits per heavy atom. The predicted molar refractivity (Wildman–Crippen MR) is 210 cm³/mol. The first kappa shape index (κ1) is 28.9. The molecule has 8 aromatic rings. The lowest BCUT2D eigenvalue weighted by Gasteiger charge is -2.34. The summed E-state index contributed by atoms with van der Waals surface area (Å²) >= 11 is 1.86. The van der Waals surface area contributed by atoms with Crippen molar-refractivity contribution < 1.29 is 9.15 Å². The smallest absolute Gasteiger partial charge is 0.136 e. The van der Waals surface area contributed by atoms with Gasteiger partial charge in [0.1, 0.15) is 29.2 Å². The molecule has 4 nitrogen and oxygen atoms in total. The van der Waals surface area contributed by atoms with Crippen LogP contribution in [0.25, 0.3) is 58.9 Å². The van der Waals surface area contributed by atoms with E-state index in [9.17, 15) is 0 Å². The molecule has 2 aliphatic heterocycles. The van der Waals surface area contributed by atoms with Gasteiger partial charge in [0.25, 0.3) is 0 Å². The zero-order valence-electron chi connectivity index (χ0n) is 27.5. The summed E-state index contributed by atoms with van der Waals surface area (Å²) in [5, 5.41) is 12.7. The topological polar surface area (TPSA) is 46.4 Å². The highest BCUT2D eigenvalue weighted by atomic mass is 32.1. The van der Waals surface area contributed by atoms with E-state index in [1.807, 2.05) is 11.3 Å². The number of furan rings is 1. The minimum atomic E-state index is -0.127. The van der Waals surface area contributed by atoms with E-state index in [4.69, 9.17) is 9.15 Å². The van der Waals surface area contributed by atoms with Gasteiger partial charge in [-0.2, -0.15) is 0 Å². The fourth-order valence-electron chi connectivity index (χ4n) is 8.30. The number of hydrogen-bond acceptors (Lipinski definition) is 5. The van der Waals surface area contributed by atoms with Crippen LogP contribution >= 0.6 is 11.3 Å². The Kier molecular flexibility index (Phi) is 6.42. The first-order valence-electron chi connectivity index (χ1n) is 17.6. The number of rotatable bonds is 4. The highest BCUT2D eigenvalue weighted by Gasteiger charge is 2.37. The van der Waals surface area contributed by atoms with Gasteiger partial charge in [0.15, 0.2) is 0 Å². The second kappa shape index (κ2) is 11.3. The highest BCUT2D eigenvalue weighted by molar-refractivity contribution is 7.26. The third-order valence-electron chi connectivity index (χ3n) is 10.7. The Morgan fingerprint density at radius 3 is 2.37 bits per heavy atom. The molecule has 0 fully saturated rings. The second-order valence-electron chi connectivity index (χ2n) is 13.7. The molecular formula is C46H32N2O2S. The molecule has 4 unspecified atom stereocenters. The molecule has 5 heteroatoms. The van der Waals surface area contributed by atoms with Crippen LogP contribution in [0.2, 0.25) is 0 Å². The van der Waals surface area contributed by atoms with Crippen molar-refractivity contribution in [2.45, 2.75) is 24.2 Å². The molecule has 1 aliphatic carbocycles.